The van der Waals surface area contributed by atoms with E-state index in [2.05, 4.69) is 10.1 Å². The molecule has 0 aliphatic heterocycles. The highest BCUT2D eigenvalue weighted by atomic mass is 19.1. The van der Waals surface area contributed by atoms with Crippen LogP contribution in [0.4, 0.5) is 10.2 Å². The number of pyridine rings is 1. The number of aromatic nitrogens is 2. The standard InChI is InChI=1S/C15H12FN3O2/c1-20-12-6-5-9(8-10(12)16)14-13(15(17)19-21-14)11-4-2-3-7-18-11/h2-8H,1H3,(H2,17,19). The summed E-state index contributed by atoms with van der Waals surface area (Å²) in [6, 6.07) is 9.91. The summed E-state index contributed by atoms with van der Waals surface area (Å²) in [5.41, 5.74) is 7.51. The molecule has 106 valence electrons. The van der Waals surface area contributed by atoms with Gasteiger partial charge in [-0.05, 0) is 30.3 Å². The molecule has 0 bridgehead atoms. The van der Waals surface area contributed by atoms with Gasteiger partial charge in [0.15, 0.2) is 23.1 Å². The van der Waals surface area contributed by atoms with E-state index in [9.17, 15) is 4.39 Å². The number of nitrogens with zero attached hydrogens (tertiary/aromatic N) is 2. The topological polar surface area (TPSA) is 74.2 Å². The summed E-state index contributed by atoms with van der Waals surface area (Å²) < 4.78 is 24.0. The third-order valence-corrected chi connectivity index (χ3v) is 3.05. The Bertz CT molecular complexity index is 772. The summed E-state index contributed by atoms with van der Waals surface area (Å²) in [6.07, 6.45) is 1.64. The van der Waals surface area contributed by atoms with Gasteiger partial charge in [0.2, 0.25) is 0 Å². The van der Waals surface area contributed by atoms with Gasteiger partial charge in [-0.1, -0.05) is 11.2 Å². The van der Waals surface area contributed by atoms with Crippen molar-refractivity contribution in [2.45, 2.75) is 0 Å². The number of ether oxygens (including phenoxy) is 1. The first-order valence-electron chi connectivity index (χ1n) is 6.21. The van der Waals surface area contributed by atoms with Gasteiger partial charge in [-0.3, -0.25) is 4.98 Å². The van der Waals surface area contributed by atoms with E-state index < -0.39 is 5.82 Å². The average molecular weight is 285 g/mol. The number of nitrogen functional groups attached to an aromatic ring is 1. The molecule has 0 spiro atoms. The predicted molar refractivity (Wildman–Crippen MR) is 76.1 cm³/mol. The molecule has 5 nitrogen and oxygen atoms in total. The Hall–Kier alpha value is -2.89. The highest BCUT2D eigenvalue weighted by Crippen LogP contribution is 2.36. The van der Waals surface area contributed by atoms with Crippen molar-refractivity contribution in [3.63, 3.8) is 0 Å². The second kappa shape index (κ2) is 5.24. The monoisotopic (exact) mass is 285 g/mol. The Balaban J connectivity index is 2.14. The van der Waals surface area contributed by atoms with Gasteiger partial charge in [-0.2, -0.15) is 0 Å². The van der Waals surface area contributed by atoms with E-state index in [-0.39, 0.29) is 11.6 Å². The zero-order chi connectivity index (χ0) is 14.8. The fourth-order valence-corrected chi connectivity index (χ4v) is 2.07. The first-order chi connectivity index (χ1) is 10.2. The van der Waals surface area contributed by atoms with E-state index in [0.29, 0.717) is 22.6 Å². The van der Waals surface area contributed by atoms with Gasteiger partial charge in [-0.25, -0.2) is 4.39 Å². The lowest BCUT2D eigenvalue weighted by Gasteiger charge is -2.05. The maximum Gasteiger partial charge on any atom is 0.178 e. The smallest absolute Gasteiger partial charge is 0.178 e. The van der Waals surface area contributed by atoms with Crippen LogP contribution < -0.4 is 10.5 Å². The maximum absolute atomic E-state index is 13.8. The fraction of sp³-hybridized carbons (Fsp3) is 0.0667. The lowest BCUT2D eigenvalue weighted by molar-refractivity contribution is 0.386. The second-order valence-electron chi connectivity index (χ2n) is 4.34. The molecule has 2 heterocycles. The highest BCUT2D eigenvalue weighted by molar-refractivity contribution is 5.84. The van der Waals surface area contributed by atoms with Crippen LogP contribution >= 0.6 is 0 Å². The third kappa shape index (κ3) is 2.31. The SMILES string of the molecule is COc1ccc(-c2onc(N)c2-c2ccccn2)cc1F. The van der Waals surface area contributed by atoms with Crippen molar-refractivity contribution in [3.8, 4) is 28.3 Å². The minimum Gasteiger partial charge on any atom is -0.494 e. The molecular weight excluding hydrogens is 273 g/mol. The minimum absolute atomic E-state index is 0.158. The van der Waals surface area contributed by atoms with Crippen molar-refractivity contribution in [2.75, 3.05) is 12.8 Å². The number of methoxy groups -OCH3 is 1. The van der Waals surface area contributed by atoms with E-state index in [4.69, 9.17) is 15.0 Å². The van der Waals surface area contributed by atoms with E-state index in [1.54, 1.807) is 24.4 Å². The number of hydrogen-bond donors (Lipinski definition) is 1. The van der Waals surface area contributed by atoms with Gasteiger partial charge in [0.1, 0.15) is 0 Å². The first-order valence-corrected chi connectivity index (χ1v) is 6.21. The van der Waals surface area contributed by atoms with Crippen LogP contribution in [0.5, 0.6) is 5.75 Å². The maximum atomic E-state index is 13.8. The van der Waals surface area contributed by atoms with Crippen LogP contribution in [0.1, 0.15) is 0 Å². The number of benzene rings is 1. The normalized spacial score (nSPS) is 10.6. The van der Waals surface area contributed by atoms with Crippen molar-refractivity contribution in [2.24, 2.45) is 0 Å². The number of anilines is 1. The number of rotatable bonds is 3. The van der Waals surface area contributed by atoms with E-state index in [0.717, 1.165) is 0 Å². The Morgan fingerprint density at radius 1 is 1.24 bits per heavy atom. The number of nitrogens with two attached hydrogens (primary N) is 1. The third-order valence-electron chi connectivity index (χ3n) is 3.05. The van der Waals surface area contributed by atoms with Crippen LogP contribution in [-0.4, -0.2) is 17.3 Å². The van der Waals surface area contributed by atoms with Gasteiger partial charge < -0.3 is 15.0 Å². The summed E-state index contributed by atoms with van der Waals surface area (Å²) >= 11 is 0. The predicted octanol–water partition coefficient (Wildman–Crippen LogP) is 3.13. The Labute approximate surface area is 120 Å². The van der Waals surface area contributed by atoms with Crippen LogP contribution in [0.2, 0.25) is 0 Å². The molecule has 0 aliphatic carbocycles. The molecule has 0 atom stereocenters. The van der Waals surface area contributed by atoms with E-state index in [1.807, 2.05) is 6.07 Å². The summed E-state index contributed by atoms with van der Waals surface area (Å²) in [6.45, 7) is 0. The summed E-state index contributed by atoms with van der Waals surface area (Å²) in [5.74, 6) is 0.246. The molecule has 0 aliphatic rings. The van der Waals surface area contributed by atoms with Crippen molar-refractivity contribution in [1.82, 2.24) is 10.1 Å². The second-order valence-corrected chi connectivity index (χ2v) is 4.34. The molecule has 3 rings (SSSR count). The molecule has 0 radical (unpaired) electrons. The van der Waals surface area contributed by atoms with Gasteiger partial charge in [0.05, 0.1) is 18.4 Å². The van der Waals surface area contributed by atoms with Gasteiger partial charge in [0.25, 0.3) is 0 Å². The summed E-state index contributed by atoms with van der Waals surface area (Å²) in [7, 11) is 1.41. The van der Waals surface area contributed by atoms with Crippen molar-refractivity contribution < 1.29 is 13.7 Å². The molecule has 6 heteroatoms. The van der Waals surface area contributed by atoms with Crippen LogP contribution in [0, 0.1) is 5.82 Å². The molecule has 0 saturated heterocycles. The van der Waals surface area contributed by atoms with Gasteiger partial charge >= 0.3 is 0 Å². The molecular formula is C15H12FN3O2. The first kappa shape index (κ1) is 13.1. The van der Waals surface area contributed by atoms with Gasteiger partial charge in [0, 0.05) is 11.8 Å². The lowest BCUT2D eigenvalue weighted by atomic mass is 10.1. The molecule has 0 fully saturated rings. The molecule has 1 aromatic carbocycles. The highest BCUT2D eigenvalue weighted by Gasteiger charge is 2.19. The zero-order valence-corrected chi connectivity index (χ0v) is 11.2. The van der Waals surface area contributed by atoms with Crippen LogP contribution in [0.15, 0.2) is 47.1 Å². The Morgan fingerprint density at radius 2 is 2.10 bits per heavy atom. The van der Waals surface area contributed by atoms with Crippen molar-refractivity contribution in [3.05, 3.63) is 48.4 Å². The molecule has 2 N–H and O–H groups in total. The average Bonchev–Trinajstić information content (AvgIpc) is 2.90. The van der Waals surface area contributed by atoms with E-state index >= 15 is 0 Å². The molecule has 3 aromatic rings. The largest absolute Gasteiger partial charge is 0.494 e. The van der Waals surface area contributed by atoms with Crippen molar-refractivity contribution >= 4 is 5.82 Å². The summed E-state index contributed by atoms with van der Waals surface area (Å²) in [4.78, 5) is 4.23. The molecule has 0 amide bonds. The summed E-state index contributed by atoms with van der Waals surface area (Å²) in [5, 5.41) is 3.75. The molecule has 0 saturated carbocycles. The molecule has 21 heavy (non-hydrogen) atoms. The van der Waals surface area contributed by atoms with Crippen LogP contribution in [0.25, 0.3) is 22.6 Å². The lowest BCUT2D eigenvalue weighted by Crippen LogP contribution is -1.92. The fourth-order valence-electron chi connectivity index (χ4n) is 2.07. The number of halogens is 1. The quantitative estimate of drug-likeness (QED) is 0.800. The van der Waals surface area contributed by atoms with E-state index in [1.165, 1.54) is 19.2 Å². The molecule has 2 aromatic heterocycles. The van der Waals surface area contributed by atoms with Crippen molar-refractivity contribution in [1.29, 1.82) is 0 Å². The number of hydrogen-bond acceptors (Lipinski definition) is 5. The Kier molecular flexibility index (Phi) is 3.27. The van der Waals surface area contributed by atoms with Crippen LogP contribution in [-0.2, 0) is 0 Å². The van der Waals surface area contributed by atoms with Crippen LogP contribution in [0.3, 0.4) is 0 Å². The Morgan fingerprint density at radius 3 is 2.76 bits per heavy atom. The van der Waals surface area contributed by atoms with Gasteiger partial charge in [-0.15, -0.1) is 0 Å². The zero-order valence-electron chi connectivity index (χ0n) is 11.2. The molecule has 0 unspecified atom stereocenters. The minimum atomic E-state index is -0.489.